The van der Waals surface area contributed by atoms with Crippen molar-refractivity contribution in [3.05, 3.63) is 46.4 Å². The molecule has 1 atom stereocenters. The molecule has 0 fully saturated rings. The number of ether oxygens (including phenoxy) is 3. The van der Waals surface area contributed by atoms with E-state index in [-0.39, 0.29) is 22.7 Å². The summed E-state index contributed by atoms with van der Waals surface area (Å²) in [4.78, 5) is 27.0. The van der Waals surface area contributed by atoms with Crippen molar-refractivity contribution in [2.75, 3.05) is 31.9 Å². The van der Waals surface area contributed by atoms with Gasteiger partial charge in [0.2, 0.25) is 11.3 Å². The lowest BCUT2D eigenvalue weighted by Crippen LogP contribution is -2.21. The van der Waals surface area contributed by atoms with Crippen LogP contribution in [0.4, 0.5) is 5.69 Å². The highest BCUT2D eigenvalue weighted by atomic mass is 32.2. The molecule has 1 heterocycles. The van der Waals surface area contributed by atoms with Gasteiger partial charge in [-0.1, -0.05) is 6.92 Å². The number of hydrogen-bond donors (Lipinski definition) is 2. The van der Waals surface area contributed by atoms with E-state index in [9.17, 15) is 13.8 Å². The molecule has 2 aromatic rings. The number of carbonyl (C=O) groups is 1. The largest absolute Gasteiger partial charge is 0.497 e. The van der Waals surface area contributed by atoms with Gasteiger partial charge in [-0.3, -0.25) is 13.8 Å². The van der Waals surface area contributed by atoms with E-state index in [0.29, 0.717) is 29.5 Å². The molecule has 0 aliphatic rings. The first-order valence-corrected chi connectivity index (χ1v) is 10.2. The molecule has 2 N–H and O–H groups in total. The van der Waals surface area contributed by atoms with Crippen LogP contribution in [0.25, 0.3) is 0 Å². The van der Waals surface area contributed by atoms with Crippen molar-refractivity contribution >= 4 is 22.4 Å². The van der Waals surface area contributed by atoms with Crippen LogP contribution in [0.3, 0.4) is 0 Å². The molecule has 1 amide bonds. The smallest absolute Gasteiger partial charge is 0.237 e. The van der Waals surface area contributed by atoms with Gasteiger partial charge in [0.15, 0.2) is 5.75 Å². The number of methoxy groups -OCH3 is 2. The van der Waals surface area contributed by atoms with Crippen LogP contribution in [0, 0.1) is 0 Å². The lowest BCUT2D eigenvalue weighted by Gasteiger charge is -2.11. The molecular formula is C19H24N2O6S. The molecule has 0 saturated carbocycles. The summed E-state index contributed by atoms with van der Waals surface area (Å²) in [5.41, 5.74) is 0.643. The number of benzene rings is 1. The Bertz CT molecular complexity index is 896. The van der Waals surface area contributed by atoms with Crippen LogP contribution in [-0.4, -0.2) is 41.7 Å². The SMILES string of the molecule is CCCOc1c[nH]c(CS(=O)CC(=O)Nc2ccc(OC)cc2OC)cc1=O. The number of anilines is 1. The minimum absolute atomic E-state index is 0.0520. The van der Waals surface area contributed by atoms with E-state index in [1.807, 2.05) is 6.92 Å². The van der Waals surface area contributed by atoms with E-state index >= 15 is 0 Å². The summed E-state index contributed by atoms with van der Waals surface area (Å²) in [5.74, 6) is 0.661. The Morgan fingerprint density at radius 3 is 2.61 bits per heavy atom. The van der Waals surface area contributed by atoms with Gasteiger partial charge in [-0.25, -0.2) is 0 Å². The molecule has 0 aliphatic carbocycles. The highest BCUT2D eigenvalue weighted by Gasteiger charge is 2.13. The summed E-state index contributed by atoms with van der Waals surface area (Å²) in [7, 11) is 1.51. The Morgan fingerprint density at radius 2 is 1.96 bits per heavy atom. The Labute approximate surface area is 165 Å². The molecule has 1 aromatic heterocycles. The maximum Gasteiger partial charge on any atom is 0.237 e. The van der Waals surface area contributed by atoms with E-state index in [2.05, 4.69) is 10.3 Å². The van der Waals surface area contributed by atoms with Gasteiger partial charge >= 0.3 is 0 Å². The second-order valence-corrected chi connectivity index (χ2v) is 7.34. The fraction of sp³-hybridized carbons (Fsp3) is 0.368. The number of aromatic nitrogens is 1. The van der Waals surface area contributed by atoms with E-state index in [1.54, 1.807) is 18.2 Å². The van der Waals surface area contributed by atoms with Crippen LogP contribution in [-0.2, 0) is 21.3 Å². The quantitative estimate of drug-likeness (QED) is 0.623. The van der Waals surface area contributed by atoms with Gasteiger partial charge in [0.25, 0.3) is 0 Å². The first-order valence-electron chi connectivity index (χ1n) is 8.68. The number of aromatic amines is 1. The molecule has 152 valence electrons. The van der Waals surface area contributed by atoms with Crippen molar-refractivity contribution in [1.82, 2.24) is 4.98 Å². The molecule has 8 nitrogen and oxygen atoms in total. The molecule has 1 unspecified atom stereocenters. The molecule has 0 radical (unpaired) electrons. The Hall–Kier alpha value is -2.81. The van der Waals surface area contributed by atoms with Gasteiger partial charge in [0.1, 0.15) is 17.3 Å². The topological polar surface area (TPSA) is 107 Å². The monoisotopic (exact) mass is 408 g/mol. The zero-order chi connectivity index (χ0) is 20.5. The van der Waals surface area contributed by atoms with E-state index < -0.39 is 16.7 Å². The van der Waals surface area contributed by atoms with Gasteiger partial charge in [-0.2, -0.15) is 0 Å². The maximum atomic E-state index is 12.3. The highest BCUT2D eigenvalue weighted by molar-refractivity contribution is 7.84. The molecule has 1 aromatic carbocycles. The summed E-state index contributed by atoms with van der Waals surface area (Å²) in [6.45, 7) is 2.39. The summed E-state index contributed by atoms with van der Waals surface area (Å²) >= 11 is 0. The molecule has 0 aliphatic heterocycles. The van der Waals surface area contributed by atoms with E-state index in [1.165, 1.54) is 26.5 Å². The predicted molar refractivity (Wildman–Crippen MR) is 108 cm³/mol. The van der Waals surface area contributed by atoms with Crippen LogP contribution in [0.1, 0.15) is 19.0 Å². The van der Waals surface area contributed by atoms with Crippen molar-refractivity contribution in [2.24, 2.45) is 0 Å². The summed E-state index contributed by atoms with van der Waals surface area (Å²) in [6.07, 6.45) is 2.24. The van der Waals surface area contributed by atoms with Gasteiger partial charge in [-0.15, -0.1) is 0 Å². The fourth-order valence-electron chi connectivity index (χ4n) is 2.37. The number of rotatable bonds is 10. The molecule has 0 saturated heterocycles. The highest BCUT2D eigenvalue weighted by Crippen LogP contribution is 2.28. The zero-order valence-electron chi connectivity index (χ0n) is 16.1. The minimum atomic E-state index is -1.50. The molecule has 9 heteroatoms. The van der Waals surface area contributed by atoms with Gasteiger partial charge in [0.05, 0.1) is 32.3 Å². The second-order valence-electron chi connectivity index (χ2n) is 5.88. The van der Waals surface area contributed by atoms with E-state index in [4.69, 9.17) is 14.2 Å². The number of amides is 1. The summed E-state index contributed by atoms with van der Waals surface area (Å²) in [5, 5.41) is 2.67. The van der Waals surface area contributed by atoms with E-state index in [0.717, 1.165) is 6.42 Å². The predicted octanol–water partition coefficient (Wildman–Crippen LogP) is 2.07. The van der Waals surface area contributed by atoms with Crippen molar-refractivity contribution in [3.8, 4) is 17.2 Å². The van der Waals surface area contributed by atoms with Gasteiger partial charge in [-0.05, 0) is 18.6 Å². The lowest BCUT2D eigenvalue weighted by molar-refractivity contribution is -0.113. The van der Waals surface area contributed by atoms with Crippen LogP contribution in [0.5, 0.6) is 17.2 Å². The maximum absolute atomic E-state index is 12.3. The fourth-order valence-corrected chi connectivity index (χ4v) is 3.35. The van der Waals surface area contributed by atoms with Gasteiger partial charge in [0, 0.05) is 34.8 Å². The number of pyridine rings is 1. The zero-order valence-corrected chi connectivity index (χ0v) is 16.9. The second kappa shape index (κ2) is 10.5. The molecule has 28 heavy (non-hydrogen) atoms. The minimum Gasteiger partial charge on any atom is -0.497 e. The average Bonchev–Trinajstić information content (AvgIpc) is 2.67. The van der Waals surface area contributed by atoms with Crippen LogP contribution in [0.2, 0.25) is 0 Å². The molecule has 0 spiro atoms. The average molecular weight is 408 g/mol. The Morgan fingerprint density at radius 1 is 1.18 bits per heavy atom. The standard InChI is InChI=1S/C19H24N2O6S/c1-4-7-27-18-10-20-13(8-16(18)22)11-28(24)12-19(23)21-15-6-5-14(25-2)9-17(15)26-3/h5-6,8-10H,4,7,11-12H2,1-3H3,(H,20,22)(H,21,23). The Kier molecular flexibility index (Phi) is 8.06. The summed E-state index contributed by atoms with van der Waals surface area (Å²) in [6, 6.07) is 6.31. The number of carbonyl (C=O) groups excluding carboxylic acids is 1. The van der Waals surface area contributed by atoms with Crippen LogP contribution in [0.15, 0.2) is 35.3 Å². The van der Waals surface area contributed by atoms with Crippen molar-refractivity contribution in [1.29, 1.82) is 0 Å². The van der Waals surface area contributed by atoms with Crippen molar-refractivity contribution < 1.29 is 23.2 Å². The molecule has 0 bridgehead atoms. The molecular weight excluding hydrogens is 384 g/mol. The van der Waals surface area contributed by atoms with Gasteiger partial charge < -0.3 is 24.5 Å². The normalized spacial score (nSPS) is 11.5. The summed E-state index contributed by atoms with van der Waals surface area (Å²) < 4.78 is 27.9. The third kappa shape index (κ3) is 6.12. The first-order chi connectivity index (χ1) is 13.5. The lowest BCUT2D eigenvalue weighted by atomic mass is 10.2. The van der Waals surface area contributed by atoms with Crippen LogP contribution >= 0.6 is 0 Å². The third-order valence-corrected chi connectivity index (χ3v) is 4.91. The first kappa shape index (κ1) is 21.5. The van der Waals surface area contributed by atoms with Crippen molar-refractivity contribution in [2.45, 2.75) is 19.1 Å². The number of hydrogen-bond acceptors (Lipinski definition) is 6. The van der Waals surface area contributed by atoms with Crippen LogP contribution < -0.4 is 25.0 Å². The Balaban J connectivity index is 1.95. The third-order valence-electron chi connectivity index (χ3n) is 3.69. The van der Waals surface area contributed by atoms with Crippen molar-refractivity contribution in [3.63, 3.8) is 0 Å². The number of H-pyrrole nitrogens is 1. The molecule has 2 rings (SSSR count). The number of nitrogens with one attached hydrogen (secondary N) is 2.